The monoisotopic (exact) mass is 265 g/mol. The molecule has 18 heavy (non-hydrogen) atoms. The van der Waals surface area contributed by atoms with Crippen molar-refractivity contribution >= 4 is 9.84 Å². The Morgan fingerprint density at radius 1 is 1.22 bits per heavy atom. The van der Waals surface area contributed by atoms with Crippen LogP contribution in [0.3, 0.4) is 0 Å². The smallest absolute Gasteiger partial charge is 0.201 e. The number of benzene rings is 1. The molecule has 1 aromatic carbocycles. The molecule has 0 atom stereocenters. The summed E-state index contributed by atoms with van der Waals surface area (Å²) in [5, 5.41) is 1.21. The molecule has 0 N–H and O–H groups in total. The van der Waals surface area contributed by atoms with Crippen LogP contribution in [0.2, 0.25) is 0 Å². The molecule has 0 fully saturated rings. The van der Waals surface area contributed by atoms with E-state index in [1.807, 2.05) is 20.8 Å². The Bertz CT molecular complexity index is 527. The first kappa shape index (κ1) is 14.5. The first-order valence-electron chi connectivity index (χ1n) is 5.77. The van der Waals surface area contributed by atoms with Gasteiger partial charge in [-0.1, -0.05) is 24.3 Å². The second-order valence-electron chi connectivity index (χ2n) is 4.37. The summed E-state index contributed by atoms with van der Waals surface area (Å²) in [4.78, 5) is 2.04. The minimum absolute atomic E-state index is 0.173. The van der Waals surface area contributed by atoms with Crippen molar-refractivity contribution in [2.24, 2.45) is 0 Å². The highest BCUT2D eigenvalue weighted by atomic mass is 32.2. The zero-order chi connectivity index (χ0) is 13.8. The highest BCUT2D eigenvalue weighted by molar-refractivity contribution is 7.94. The fraction of sp³-hybridized carbons (Fsp3) is 0.286. The molecular weight excluding hydrogens is 246 g/mol. The van der Waals surface area contributed by atoms with E-state index < -0.39 is 9.84 Å². The van der Waals surface area contributed by atoms with Gasteiger partial charge in [0.15, 0.2) is 0 Å². The van der Waals surface area contributed by atoms with Gasteiger partial charge in [-0.05, 0) is 39.1 Å². The van der Waals surface area contributed by atoms with Gasteiger partial charge in [-0.2, -0.15) is 0 Å². The van der Waals surface area contributed by atoms with Crippen LogP contribution in [0.15, 0.2) is 53.5 Å². The van der Waals surface area contributed by atoms with Crippen molar-refractivity contribution in [1.29, 1.82) is 0 Å². The lowest BCUT2D eigenvalue weighted by Crippen LogP contribution is -2.18. The molecule has 1 aromatic rings. The molecule has 0 saturated carbocycles. The summed E-state index contributed by atoms with van der Waals surface area (Å²) in [5.41, 5.74) is 1.04. The first-order valence-corrected chi connectivity index (χ1v) is 7.31. The topological polar surface area (TPSA) is 37.4 Å². The number of rotatable bonds is 5. The van der Waals surface area contributed by atoms with Crippen molar-refractivity contribution in [3.05, 3.63) is 54.2 Å². The Labute approximate surface area is 109 Å². The van der Waals surface area contributed by atoms with Crippen molar-refractivity contribution < 1.29 is 8.42 Å². The van der Waals surface area contributed by atoms with E-state index in [1.165, 1.54) is 11.6 Å². The van der Waals surface area contributed by atoms with Crippen LogP contribution in [0.25, 0.3) is 0 Å². The van der Waals surface area contributed by atoms with E-state index in [1.54, 1.807) is 35.4 Å². The summed E-state index contributed by atoms with van der Waals surface area (Å²) >= 11 is 0. The standard InChI is InChI=1S/C14H19NO2S/c1-5-15(12(2)3)10-11-18(16,17)14-8-6-13(4)7-9-14/h5-12H,1H2,2-4H3/b11-10+. The zero-order valence-electron chi connectivity index (χ0n) is 11.0. The van der Waals surface area contributed by atoms with Gasteiger partial charge in [-0.15, -0.1) is 0 Å². The van der Waals surface area contributed by atoms with Gasteiger partial charge in [-0.3, -0.25) is 0 Å². The van der Waals surface area contributed by atoms with Crippen LogP contribution in [0.4, 0.5) is 0 Å². The number of hydrogen-bond acceptors (Lipinski definition) is 3. The lowest BCUT2D eigenvalue weighted by atomic mass is 10.2. The first-order chi connectivity index (χ1) is 8.36. The lowest BCUT2D eigenvalue weighted by Gasteiger charge is -2.19. The van der Waals surface area contributed by atoms with Crippen LogP contribution in [0.5, 0.6) is 0 Å². The summed E-state index contributed by atoms with van der Waals surface area (Å²) in [6.45, 7) is 9.49. The van der Waals surface area contributed by atoms with E-state index >= 15 is 0 Å². The van der Waals surface area contributed by atoms with Gasteiger partial charge in [0.05, 0.1) is 10.3 Å². The Morgan fingerprint density at radius 3 is 2.22 bits per heavy atom. The third-order valence-corrected chi connectivity index (χ3v) is 3.98. The summed E-state index contributed by atoms with van der Waals surface area (Å²) in [6, 6.07) is 6.97. The fourth-order valence-corrected chi connectivity index (χ4v) is 2.37. The van der Waals surface area contributed by atoms with Gasteiger partial charge < -0.3 is 4.90 Å². The van der Waals surface area contributed by atoms with Crippen LogP contribution in [0, 0.1) is 6.92 Å². The second kappa shape index (κ2) is 5.87. The van der Waals surface area contributed by atoms with E-state index in [2.05, 4.69) is 6.58 Å². The molecule has 3 nitrogen and oxygen atoms in total. The van der Waals surface area contributed by atoms with Crippen LogP contribution >= 0.6 is 0 Å². The van der Waals surface area contributed by atoms with Crippen LogP contribution in [-0.2, 0) is 9.84 Å². The molecule has 0 spiro atoms. The SMILES string of the molecule is C=CN(/C=C/S(=O)(=O)c1ccc(C)cc1)C(C)C. The van der Waals surface area contributed by atoms with Crippen molar-refractivity contribution in [1.82, 2.24) is 4.90 Å². The molecule has 4 heteroatoms. The third kappa shape index (κ3) is 3.74. The summed E-state index contributed by atoms with van der Waals surface area (Å²) < 4.78 is 24.1. The van der Waals surface area contributed by atoms with Crippen LogP contribution < -0.4 is 0 Å². The molecule has 0 aromatic heterocycles. The van der Waals surface area contributed by atoms with E-state index in [4.69, 9.17) is 0 Å². The molecule has 1 rings (SSSR count). The fourth-order valence-electron chi connectivity index (χ4n) is 1.40. The van der Waals surface area contributed by atoms with Crippen molar-refractivity contribution in [3.8, 4) is 0 Å². The number of aryl methyl sites for hydroxylation is 1. The second-order valence-corrected chi connectivity index (χ2v) is 6.20. The number of nitrogens with zero attached hydrogens (tertiary/aromatic N) is 1. The predicted octanol–water partition coefficient (Wildman–Crippen LogP) is 3.09. The molecule has 0 radical (unpaired) electrons. The maximum absolute atomic E-state index is 12.0. The van der Waals surface area contributed by atoms with E-state index in [0.29, 0.717) is 4.90 Å². The third-order valence-electron chi connectivity index (χ3n) is 2.57. The summed E-state index contributed by atoms with van der Waals surface area (Å²) in [6.07, 6.45) is 3.14. The van der Waals surface area contributed by atoms with Gasteiger partial charge in [-0.25, -0.2) is 8.42 Å². The van der Waals surface area contributed by atoms with E-state index in [-0.39, 0.29) is 6.04 Å². The van der Waals surface area contributed by atoms with Crippen LogP contribution in [-0.4, -0.2) is 19.4 Å². The Hall–Kier alpha value is -1.55. The van der Waals surface area contributed by atoms with Gasteiger partial charge in [0.1, 0.15) is 0 Å². The zero-order valence-corrected chi connectivity index (χ0v) is 11.8. The summed E-state index contributed by atoms with van der Waals surface area (Å²) in [5.74, 6) is 0. The van der Waals surface area contributed by atoms with Crippen LogP contribution in [0.1, 0.15) is 19.4 Å². The summed E-state index contributed by atoms with van der Waals surface area (Å²) in [7, 11) is -3.39. The molecule has 0 unspecified atom stereocenters. The highest BCUT2D eigenvalue weighted by Crippen LogP contribution is 2.14. The van der Waals surface area contributed by atoms with Crippen molar-refractivity contribution in [3.63, 3.8) is 0 Å². The number of sulfone groups is 1. The Balaban J connectivity index is 2.98. The molecule has 0 aliphatic heterocycles. The molecule has 0 heterocycles. The van der Waals surface area contributed by atoms with E-state index in [0.717, 1.165) is 5.56 Å². The van der Waals surface area contributed by atoms with E-state index in [9.17, 15) is 8.42 Å². The average molecular weight is 265 g/mol. The minimum Gasteiger partial charge on any atom is -0.352 e. The lowest BCUT2D eigenvalue weighted by molar-refractivity contribution is 0.418. The molecular formula is C14H19NO2S. The molecule has 0 bridgehead atoms. The highest BCUT2D eigenvalue weighted by Gasteiger charge is 2.10. The predicted molar refractivity (Wildman–Crippen MR) is 74.7 cm³/mol. The maximum atomic E-state index is 12.0. The maximum Gasteiger partial charge on any atom is 0.201 e. The van der Waals surface area contributed by atoms with Gasteiger partial charge in [0.25, 0.3) is 0 Å². The average Bonchev–Trinajstić information content (AvgIpc) is 2.29. The molecule has 0 saturated heterocycles. The van der Waals surface area contributed by atoms with Crippen molar-refractivity contribution in [2.75, 3.05) is 0 Å². The molecule has 0 aliphatic carbocycles. The van der Waals surface area contributed by atoms with Crippen molar-refractivity contribution in [2.45, 2.75) is 31.7 Å². The Kier molecular flexibility index (Phi) is 4.73. The minimum atomic E-state index is -3.39. The Morgan fingerprint density at radius 2 is 1.78 bits per heavy atom. The molecule has 0 aliphatic rings. The van der Waals surface area contributed by atoms with Gasteiger partial charge >= 0.3 is 0 Å². The largest absolute Gasteiger partial charge is 0.352 e. The molecule has 0 amide bonds. The number of hydrogen-bond donors (Lipinski definition) is 0. The van der Waals surface area contributed by atoms with Gasteiger partial charge in [0, 0.05) is 12.2 Å². The molecule has 98 valence electrons. The normalized spacial score (nSPS) is 12.0. The quantitative estimate of drug-likeness (QED) is 0.821. The van der Waals surface area contributed by atoms with Gasteiger partial charge in [0.2, 0.25) is 9.84 Å².